The average molecular weight is 630 g/mol. The van der Waals surface area contributed by atoms with Gasteiger partial charge in [-0.25, -0.2) is 0 Å². The van der Waals surface area contributed by atoms with Gasteiger partial charge >= 0.3 is 0 Å². The molecule has 0 unspecified atom stereocenters. The number of benzene rings is 3. The minimum absolute atomic E-state index is 0.666. The van der Waals surface area contributed by atoms with Crippen LogP contribution in [0.5, 0.6) is 23.0 Å². The molecule has 0 saturated heterocycles. The quantitative estimate of drug-likeness (QED) is 0.0837. The Kier molecular flexibility index (Phi) is 18.5. The van der Waals surface area contributed by atoms with Gasteiger partial charge in [0.15, 0.2) is 0 Å². The number of rotatable bonds is 22. The topological polar surface area (TPSA) is 87.9 Å². The van der Waals surface area contributed by atoms with Gasteiger partial charge in [-0.15, -0.1) is 0 Å². The van der Waals surface area contributed by atoms with Gasteiger partial charge in [0.25, 0.3) is 0 Å². The van der Waals surface area contributed by atoms with Gasteiger partial charge < -0.3 is 30.0 Å². The van der Waals surface area contributed by atoms with Crippen molar-refractivity contribution in [3.8, 4) is 23.0 Å². The largest absolute Gasteiger partial charge is 0.494 e. The fraction of sp³-hybridized carbons (Fsp3) is 0.462. The van der Waals surface area contributed by atoms with Gasteiger partial charge in [0.2, 0.25) is 0 Å². The number of pyridine rings is 1. The van der Waals surface area contributed by atoms with E-state index in [1.165, 1.54) is 38.5 Å². The number of unbranched alkanes of at least 4 members (excludes halogenated alkanes) is 6. The molecule has 0 fully saturated rings. The van der Waals surface area contributed by atoms with E-state index >= 15 is 0 Å². The van der Waals surface area contributed by atoms with E-state index in [-0.39, 0.29) is 0 Å². The van der Waals surface area contributed by atoms with Crippen LogP contribution in [0.1, 0.15) is 78.1 Å². The molecule has 0 aliphatic rings. The van der Waals surface area contributed by atoms with Crippen LogP contribution in [0.15, 0.2) is 85.1 Å². The van der Waals surface area contributed by atoms with Crippen LogP contribution in [0.3, 0.4) is 0 Å². The van der Waals surface area contributed by atoms with Gasteiger partial charge in [-0.3, -0.25) is 4.98 Å². The first-order chi connectivity index (χ1) is 22.7. The zero-order chi connectivity index (χ0) is 32.5. The predicted molar refractivity (Wildman–Crippen MR) is 192 cm³/mol. The number of anilines is 1. The summed E-state index contributed by atoms with van der Waals surface area (Å²) in [5.74, 6) is 3.59. The highest BCUT2D eigenvalue weighted by Gasteiger charge is 2.01. The second-order valence-electron chi connectivity index (χ2n) is 11.3. The number of para-hydroxylation sites is 1. The number of hydrogen-bond donors (Lipinski definition) is 2. The average Bonchev–Trinajstić information content (AvgIpc) is 3.10. The first-order valence-electron chi connectivity index (χ1n) is 17.2. The molecule has 250 valence electrons. The Morgan fingerprint density at radius 3 is 1.52 bits per heavy atom. The van der Waals surface area contributed by atoms with Crippen molar-refractivity contribution < 1.29 is 18.9 Å². The van der Waals surface area contributed by atoms with E-state index in [1.807, 2.05) is 79.0 Å². The number of fused-ring (bicyclic) bond motifs is 1. The van der Waals surface area contributed by atoms with E-state index in [9.17, 15) is 0 Å². The van der Waals surface area contributed by atoms with Crippen LogP contribution < -0.4 is 30.0 Å². The van der Waals surface area contributed by atoms with E-state index in [1.54, 1.807) is 0 Å². The Morgan fingerprint density at radius 2 is 1.02 bits per heavy atom. The molecule has 7 heteroatoms. The summed E-state index contributed by atoms with van der Waals surface area (Å²) in [6.07, 6.45) is 13.5. The molecule has 0 bridgehead atoms. The summed E-state index contributed by atoms with van der Waals surface area (Å²) < 4.78 is 22.8. The summed E-state index contributed by atoms with van der Waals surface area (Å²) in [6.45, 7) is 8.89. The lowest BCUT2D eigenvalue weighted by Crippen LogP contribution is -2.07. The number of nitrogens with zero attached hydrogens (tertiary/aromatic N) is 1. The lowest BCUT2D eigenvalue weighted by atomic mass is 10.2. The highest BCUT2D eigenvalue weighted by molar-refractivity contribution is 5.90. The van der Waals surface area contributed by atoms with E-state index < -0.39 is 0 Å². The minimum Gasteiger partial charge on any atom is -0.494 e. The molecule has 4 rings (SSSR count). The van der Waals surface area contributed by atoms with Crippen LogP contribution in [0.25, 0.3) is 10.9 Å². The lowest BCUT2D eigenvalue weighted by Gasteiger charge is -2.11. The SMILES string of the molecule is CCCCCCOc1ccc(OCCCN)cc1.CCCCCCOc1ccc(OCCCNc2ccnc3ccccc23)cc1. The highest BCUT2D eigenvalue weighted by Crippen LogP contribution is 2.22. The zero-order valence-corrected chi connectivity index (χ0v) is 28.1. The molecule has 1 aromatic heterocycles. The third-order valence-corrected chi connectivity index (χ3v) is 7.35. The van der Waals surface area contributed by atoms with Gasteiger partial charge in [0.05, 0.1) is 31.9 Å². The molecule has 7 nitrogen and oxygen atoms in total. The monoisotopic (exact) mass is 629 g/mol. The number of hydrogen-bond acceptors (Lipinski definition) is 7. The molecular formula is C39H55N3O4. The molecule has 0 amide bonds. The van der Waals surface area contributed by atoms with Crippen molar-refractivity contribution in [2.75, 3.05) is 44.8 Å². The van der Waals surface area contributed by atoms with Crippen molar-refractivity contribution in [3.63, 3.8) is 0 Å². The predicted octanol–water partition coefficient (Wildman–Crippen LogP) is 9.45. The van der Waals surface area contributed by atoms with E-state index in [4.69, 9.17) is 24.7 Å². The van der Waals surface area contributed by atoms with Crippen LogP contribution in [0.2, 0.25) is 0 Å². The number of nitrogens with two attached hydrogens (primary N) is 1. The normalized spacial score (nSPS) is 10.6. The Morgan fingerprint density at radius 1 is 0.543 bits per heavy atom. The van der Waals surface area contributed by atoms with Crippen molar-refractivity contribution in [2.24, 2.45) is 5.73 Å². The first kappa shape index (κ1) is 36.5. The third kappa shape index (κ3) is 14.9. The Hall–Kier alpha value is -3.97. The molecule has 0 aliphatic heterocycles. The van der Waals surface area contributed by atoms with Gasteiger partial charge in [0, 0.05) is 23.8 Å². The fourth-order valence-corrected chi connectivity index (χ4v) is 4.71. The first-order valence-corrected chi connectivity index (χ1v) is 17.2. The standard InChI is InChI=1S/C24H30N2O2.C15H25NO2/c1-2-3-4-7-18-27-20-11-13-21(14-12-20)28-19-8-16-25-24-15-17-26-23-10-6-5-9-22(23)24;1-2-3-4-5-12-17-14-7-9-15(10-8-14)18-13-6-11-16/h5-6,9-15,17H,2-4,7-8,16,18-19H2,1H3,(H,25,26);7-10H,2-6,11-13,16H2,1H3. The van der Waals surface area contributed by atoms with Crippen molar-refractivity contribution in [1.82, 2.24) is 4.98 Å². The van der Waals surface area contributed by atoms with Gasteiger partial charge in [0.1, 0.15) is 23.0 Å². The Balaban J connectivity index is 0.000000277. The molecule has 0 atom stereocenters. The maximum Gasteiger partial charge on any atom is 0.119 e. The number of nitrogens with one attached hydrogen (secondary N) is 1. The number of aromatic nitrogens is 1. The van der Waals surface area contributed by atoms with Gasteiger partial charge in [-0.1, -0.05) is 70.6 Å². The van der Waals surface area contributed by atoms with Crippen molar-refractivity contribution in [2.45, 2.75) is 78.1 Å². The van der Waals surface area contributed by atoms with Gasteiger partial charge in [-0.2, -0.15) is 0 Å². The zero-order valence-electron chi connectivity index (χ0n) is 28.1. The molecule has 3 aromatic carbocycles. The molecule has 0 spiro atoms. The smallest absolute Gasteiger partial charge is 0.119 e. The van der Waals surface area contributed by atoms with Crippen molar-refractivity contribution in [3.05, 3.63) is 85.1 Å². The molecule has 0 aliphatic carbocycles. The van der Waals surface area contributed by atoms with Crippen LogP contribution in [0, 0.1) is 0 Å². The van der Waals surface area contributed by atoms with Crippen LogP contribution in [-0.2, 0) is 0 Å². The molecular weight excluding hydrogens is 574 g/mol. The summed E-state index contributed by atoms with van der Waals surface area (Å²) in [7, 11) is 0. The molecule has 3 N–H and O–H groups in total. The summed E-state index contributed by atoms with van der Waals surface area (Å²) in [5, 5.41) is 4.63. The lowest BCUT2D eigenvalue weighted by molar-refractivity contribution is 0.300. The Bertz CT molecular complexity index is 1310. The van der Waals surface area contributed by atoms with Crippen LogP contribution >= 0.6 is 0 Å². The van der Waals surface area contributed by atoms with E-state index in [0.29, 0.717) is 19.8 Å². The second kappa shape index (κ2) is 23.4. The molecule has 1 heterocycles. The maximum atomic E-state index is 5.84. The van der Waals surface area contributed by atoms with Crippen LogP contribution in [0.4, 0.5) is 5.69 Å². The van der Waals surface area contributed by atoms with Gasteiger partial charge in [-0.05, 0) is 92.9 Å². The van der Waals surface area contributed by atoms with Crippen molar-refractivity contribution >= 4 is 16.6 Å². The third-order valence-electron chi connectivity index (χ3n) is 7.35. The second-order valence-corrected chi connectivity index (χ2v) is 11.3. The molecule has 4 aromatic rings. The maximum absolute atomic E-state index is 5.84. The molecule has 46 heavy (non-hydrogen) atoms. The highest BCUT2D eigenvalue weighted by atomic mass is 16.5. The fourth-order valence-electron chi connectivity index (χ4n) is 4.71. The minimum atomic E-state index is 0.666. The van der Waals surface area contributed by atoms with Crippen LogP contribution in [-0.4, -0.2) is 44.5 Å². The summed E-state index contributed by atoms with van der Waals surface area (Å²) in [6, 6.07) is 25.9. The number of ether oxygens (including phenoxy) is 4. The summed E-state index contributed by atoms with van der Waals surface area (Å²) in [4.78, 5) is 4.39. The van der Waals surface area contributed by atoms with Crippen molar-refractivity contribution in [1.29, 1.82) is 0 Å². The molecule has 0 radical (unpaired) electrons. The van der Waals surface area contributed by atoms with E-state index in [0.717, 1.165) is 85.0 Å². The summed E-state index contributed by atoms with van der Waals surface area (Å²) in [5.41, 5.74) is 7.53. The van der Waals surface area contributed by atoms with E-state index in [2.05, 4.69) is 30.2 Å². The Labute approximate surface area is 276 Å². The summed E-state index contributed by atoms with van der Waals surface area (Å²) >= 11 is 0. The molecule has 0 saturated carbocycles.